The van der Waals surface area contributed by atoms with Crippen molar-refractivity contribution in [2.75, 3.05) is 12.8 Å². The topological polar surface area (TPSA) is 90.1 Å². The largest absolute Gasteiger partial charge is 0.435 e. The molecule has 0 bridgehead atoms. The van der Waals surface area contributed by atoms with Crippen LogP contribution in [0.1, 0.15) is 10.5 Å². The average molecular weight is 244 g/mol. The number of carbonyl (C=O) groups excluding carboxylic acids is 1. The van der Waals surface area contributed by atoms with E-state index in [1.54, 1.807) is 24.3 Å². The Kier molecular flexibility index (Phi) is 3.38. The Bertz CT molecular complexity index is 554. The van der Waals surface area contributed by atoms with E-state index >= 15 is 0 Å². The van der Waals surface area contributed by atoms with Crippen molar-refractivity contribution in [1.29, 1.82) is 0 Å². The molecule has 2 aromatic rings. The van der Waals surface area contributed by atoms with Gasteiger partial charge >= 0.3 is 0 Å². The van der Waals surface area contributed by atoms with Gasteiger partial charge in [0.1, 0.15) is 0 Å². The van der Waals surface area contributed by atoms with Crippen LogP contribution in [0.5, 0.6) is 11.6 Å². The number of amides is 1. The number of benzene rings is 1. The highest BCUT2D eigenvalue weighted by atomic mass is 16.5. The fourth-order valence-corrected chi connectivity index (χ4v) is 1.31. The molecular weight excluding hydrogens is 232 g/mol. The summed E-state index contributed by atoms with van der Waals surface area (Å²) >= 11 is 0. The molecule has 18 heavy (non-hydrogen) atoms. The first-order valence-corrected chi connectivity index (χ1v) is 5.29. The number of aromatic nitrogens is 2. The Balaban J connectivity index is 2.16. The highest BCUT2D eigenvalue weighted by Crippen LogP contribution is 2.24. The molecule has 1 aromatic heterocycles. The molecule has 1 amide bonds. The summed E-state index contributed by atoms with van der Waals surface area (Å²) in [5.41, 5.74) is 6.47. The number of nitrogens with two attached hydrogens (primary N) is 1. The molecule has 0 unspecified atom stereocenters. The van der Waals surface area contributed by atoms with Crippen LogP contribution < -0.4 is 15.8 Å². The third-order valence-corrected chi connectivity index (χ3v) is 2.23. The van der Waals surface area contributed by atoms with Gasteiger partial charge in [-0.25, -0.2) is 0 Å². The van der Waals surface area contributed by atoms with Crippen molar-refractivity contribution in [3.05, 3.63) is 42.1 Å². The van der Waals surface area contributed by atoms with E-state index in [0.717, 1.165) is 0 Å². The molecule has 1 aromatic carbocycles. The second-order valence-corrected chi connectivity index (χ2v) is 3.48. The zero-order valence-corrected chi connectivity index (χ0v) is 9.75. The summed E-state index contributed by atoms with van der Waals surface area (Å²) in [6.07, 6.45) is 0. The van der Waals surface area contributed by atoms with Gasteiger partial charge in [-0.15, -0.1) is 10.2 Å². The Morgan fingerprint density at radius 2 is 2.00 bits per heavy atom. The minimum Gasteiger partial charge on any atom is -0.435 e. The minimum absolute atomic E-state index is 0.228. The van der Waals surface area contributed by atoms with E-state index < -0.39 is 0 Å². The third-order valence-electron chi connectivity index (χ3n) is 2.23. The van der Waals surface area contributed by atoms with Gasteiger partial charge in [-0.3, -0.25) is 4.79 Å². The smallest absolute Gasteiger partial charge is 0.271 e. The summed E-state index contributed by atoms with van der Waals surface area (Å²) in [6.45, 7) is 0. The van der Waals surface area contributed by atoms with Crippen molar-refractivity contribution in [2.45, 2.75) is 0 Å². The number of carbonyl (C=O) groups is 1. The van der Waals surface area contributed by atoms with Crippen LogP contribution in [0.4, 0.5) is 5.69 Å². The number of hydrogen-bond acceptors (Lipinski definition) is 5. The SMILES string of the molecule is CNC(=O)c1ccc(Oc2ccccc2N)nn1. The number of anilines is 1. The van der Waals surface area contributed by atoms with E-state index in [4.69, 9.17) is 10.5 Å². The van der Waals surface area contributed by atoms with E-state index in [1.165, 1.54) is 13.1 Å². The van der Waals surface area contributed by atoms with Crippen LogP contribution in [-0.2, 0) is 0 Å². The first-order chi connectivity index (χ1) is 8.70. The van der Waals surface area contributed by atoms with Crippen LogP contribution in [0.3, 0.4) is 0 Å². The zero-order valence-electron chi connectivity index (χ0n) is 9.75. The number of hydrogen-bond donors (Lipinski definition) is 2. The van der Waals surface area contributed by atoms with Crippen LogP contribution in [-0.4, -0.2) is 23.2 Å². The first kappa shape index (κ1) is 11.8. The Morgan fingerprint density at radius 3 is 2.61 bits per heavy atom. The highest BCUT2D eigenvalue weighted by Gasteiger charge is 2.07. The van der Waals surface area contributed by atoms with Crippen molar-refractivity contribution in [3.63, 3.8) is 0 Å². The van der Waals surface area contributed by atoms with E-state index in [1.807, 2.05) is 6.07 Å². The summed E-state index contributed by atoms with van der Waals surface area (Å²) < 4.78 is 5.45. The van der Waals surface area contributed by atoms with E-state index in [0.29, 0.717) is 11.4 Å². The van der Waals surface area contributed by atoms with Crippen molar-refractivity contribution in [1.82, 2.24) is 15.5 Å². The predicted molar refractivity (Wildman–Crippen MR) is 66.4 cm³/mol. The summed E-state index contributed by atoms with van der Waals surface area (Å²) in [5.74, 6) is 0.480. The molecule has 6 nitrogen and oxygen atoms in total. The molecule has 0 fully saturated rings. The summed E-state index contributed by atoms with van der Waals surface area (Å²) in [7, 11) is 1.53. The van der Waals surface area contributed by atoms with Gasteiger partial charge in [-0.2, -0.15) is 0 Å². The molecule has 0 atom stereocenters. The Morgan fingerprint density at radius 1 is 1.22 bits per heavy atom. The number of rotatable bonds is 3. The molecule has 0 saturated carbocycles. The second kappa shape index (κ2) is 5.13. The van der Waals surface area contributed by atoms with Gasteiger partial charge in [0, 0.05) is 13.1 Å². The van der Waals surface area contributed by atoms with Crippen molar-refractivity contribution in [2.24, 2.45) is 0 Å². The van der Waals surface area contributed by atoms with Crippen LogP contribution in [0, 0.1) is 0 Å². The zero-order chi connectivity index (χ0) is 13.0. The lowest BCUT2D eigenvalue weighted by Gasteiger charge is -2.06. The first-order valence-electron chi connectivity index (χ1n) is 5.29. The van der Waals surface area contributed by atoms with E-state index in [9.17, 15) is 4.79 Å². The fraction of sp³-hybridized carbons (Fsp3) is 0.0833. The second-order valence-electron chi connectivity index (χ2n) is 3.48. The molecule has 3 N–H and O–H groups in total. The molecule has 0 spiro atoms. The van der Waals surface area contributed by atoms with E-state index in [2.05, 4.69) is 15.5 Å². The lowest BCUT2D eigenvalue weighted by atomic mass is 10.3. The lowest BCUT2D eigenvalue weighted by molar-refractivity contribution is 0.0957. The highest BCUT2D eigenvalue weighted by molar-refractivity contribution is 5.91. The van der Waals surface area contributed by atoms with Crippen LogP contribution in [0.15, 0.2) is 36.4 Å². The van der Waals surface area contributed by atoms with Gasteiger partial charge in [0.2, 0.25) is 5.88 Å². The monoisotopic (exact) mass is 244 g/mol. The number of para-hydroxylation sites is 2. The molecule has 0 aliphatic carbocycles. The normalized spacial score (nSPS) is 9.83. The quantitative estimate of drug-likeness (QED) is 0.792. The standard InChI is InChI=1S/C12H12N4O2/c1-14-12(17)9-6-7-11(16-15-9)18-10-5-3-2-4-8(10)13/h2-7H,13H2,1H3,(H,14,17). The summed E-state index contributed by atoms with van der Waals surface area (Å²) in [4.78, 5) is 11.3. The summed E-state index contributed by atoms with van der Waals surface area (Å²) in [5, 5.41) is 10.0. The maximum Gasteiger partial charge on any atom is 0.271 e. The van der Waals surface area contributed by atoms with Gasteiger partial charge in [0.15, 0.2) is 11.4 Å². The van der Waals surface area contributed by atoms with Crippen molar-refractivity contribution < 1.29 is 9.53 Å². The van der Waals surface area contributed by atoms with Crippen LogP contribution >= 0.6 is 0 Å². The molecular formula is C12H12N4O2. The van der Waals surface area contributed by atoms with Gasteiger partial charge in [0.25, 0.3) is 5.91 Å². The van der Waals surface area contributed by atoms with E-state index in [-0.39, 0.29) is 17.5 Å². The third kappa shape index (κ3) is 2.54. The number of nitrogens with one attached hydrogen (secondary N) is 1. The van der Waals surface area contributed by atoms with Crippen molar-refractivity contribution in [3.8, 4) is 11.6 Å². The number of ether oxygens (including phenoxy) is 1. The number of nitrogens with zero attached hydrogens (tertiary/aromatic N) is 2. The van der Waals surface area contributed by atoms with Crippen LogP contribution in [0.25, 0.3) is 0 Å². The average Bonchev–Trinajstić information content (AvgIpc) is 2.41. The molecule has 0 radical (unpaired) electrons. The lowest BCUT2D eigenvalue weighted by Crippen LogP contribution is -2.19. The maximum absolute atomic E-state index is 11.3. The Hall–Kier alpha value is -2.63. The maximum atomic E-state index is 11.3. The van der Waals surface area contributed by atoms with Crippen molar-refractivity contribution >= 4 is 11.6 Å². The summed E-state index contributed by atoms with van der Waals surface area (Å²) in [6, 6.07) is 10.1. The molecule has 6 heteroatoms. The predicted octanol–water partition coefficient (Wildman–Crippen LogP) is 1.21. The van der Waals surface area contributed by atoms with Crippen LogP contribution in [0.2, 0.25) is 0 Å². The van der Waals surface area contributed by atoms with Gasteiger partial charge < -0.3 is 15.8 Å². The van der Waals surface area contributed by atoms with Gasteiger partial charge in [-0.1, -0.05) is 12.1 Å². The molecule has 92 valence electrons. The molecule has 0 aliphatic rings. The molecule has 0 saturated heterocycles. The molecule has 0 aliphatic heterocycles. The molecule has 2 rings (SSSR count). The van der Waals surface area contributed by atoms with Gasteiger partial charge in [0.05, 0.1) is 5.69 Å². The minimum atomic E-state index is -0.298. The van der Waals surface area contributed by atoms with Gasteiger partial charge in [-0.05, 0) is 18.2 Å². The number of nitrogen functional groups attached to an aromatic ring is 1. The Labute approximate surface area is 104 Å². The fourth-order valence-electron chi connectivity index (χ4n) is 1.31. The molecule has 1 heterocycles.